The molecular formula is C36H48N2O8. The van der Waals surface area contributed by atoms with Crippen molar-refractivity contribution in [1.82, 2.24) is 9.80 Å². The molecule has 0 unspecified atom stereocenters. The fourth-order valence-electron chi connectivity index (χ4n) is 5.83. The Balaban J connectivity index is 1.74. The molecule has 2 amide bonds. The van der Waals surface area contributed by atoms with Gasteiger partial charge in [-0.3, -0.25) is 19.3 Å². The Kier molecular flexibility index (Phi) is 12.9. The summed E-state index contributed by atoms with van der Waals surface area (Å²) in [4.78, 5) is 68.4. The molecule has 0 spiro atoms. The zero-order chi connectivity index (χ0) is 34.0. The second-order valence-corrected chi connectivity index (χ2v) is 13.1. The molecule has 250 valence electrons. The molecule has 1 aromatic carbocycles. The molecule has 1 saturated heterocycles. The third-order valence-corrected chi connectivity index (χ3v) is 8.38. The van der Waals surface area contributed by atoms with Gasteiger partial charge in [-0.2, -0.15) is 0 Å². The number of hydrogen-bond acceptors (Lipinski definition) is 8. The van der Waals surface area contributed by atoms with Gasteiger partial charge in [-0.1, -0.05) is 56.4 Å². The second kappa shape index (κ2) is 16.4. The van der Waals surface area contributed by atoms with Gasteiger partial charge in [-0.25, -0.2) is 9.59 Å². The zero-order valence-electron chi connectivity index (χ0n) is 27.8. The molecule has 46 heavy (non-hydrogen) atoms. The van der Waals surface area contributed by atoms with Crippen LogP contribution in [0.15, 0.2) is 49.1 Å². The van der Waals surface area contributed by atoms with E-state index in [-0.39, 0.29) is 50.0 Å². The predicted molar refractivity (Wildman–Crippen MR) is 174 cm³/mol. The summed E-state index contributed by atoms with van der Waals surface area (Å²) in [6.45, 7) is 16.0. The van der Waals surface area contributed by atoms with Crippen molar-refractivity contribution in [1.29, 1.82) is 0 Å². The topological polar surface area (TPSA) is 120 Å². The Morgan fingerprint density at radius 3 is 2.50 bits per heavy atom. The summed E-state index contributed by atoms with van der Waals surface area (Å²) in [5, 5.41) is 0. The van der Waals surface area contributed by atoms with Gasteiger partial charge in [0, 0.05) is 25.3 Å². The molecule has 1 fully saturated rings. The number of ketones is 1. The number of benzene rings is 1. The summed E-state index contributed by atoms with van der Waals surface area (Å²) < 4.78 is 16.4. The first-order valence-electron chi connectivity index (χ1n) is 15.8. The number of likely N-dealkylation sites (tertiary alicyclic amines) is 1. The van der Waals surface area contributed by atoms with Crippen molar-refractivity contribution in [2.24, 2.45) is 11.3 Å². The largest absolute Gasteiger partial charge is 0.467 e. The molecule has 2 heterocycles. The summed E-state index contributed by atoms with van der Waals surface area (Å²) in [5.41, 5.74) is 3.50. The Bertz CT molecular complexity index is 1360. The van der Waals surface area contributed by atoms with Crippen LogP contribution in [0.2, 0.25) is 0 Å². The van der Waals surface area contributed by atoms with E-state index in [0.717, 1.165) is 35.1 Å². The number of amides is 2. The number of esters is 2. The molecule has 2 aliphatic heterocycles. The van der Waals surface area contributed by atoms with Crippen LogP contribution in [0.3, 0.4) is 0 Å². The molecule has 3 atom stereocenters. The van der Waals surface area contributed by atoms with Gasteiger partial charge < -0.3 is 19.1 Å². The number of nitrogens with zero attached hydrogens (tertiary/aromatic N) is 2. The van der Waals surface area contributed by atoms with E-state index in [4.69, 9.17) is 14.2 Å². The quantitative estimate of drug-likeness (QED) is 0.103. The summed E-state index contributed by atoms with van der Waals surface area (Å²) in [6.07, 6.45) is 5.19. The minimum atomic E-state index is -1.01. The lowest BCUT2D eigenvalue weighted by Gasteiger charge is -2.28. The molecular weight excluding hydrogens is 588 g/mol. The van der Waals surface area contributed by atoms with E-state index in [2.05, 4.69) is 13.2 Å². The maximum atomic E-state index is 14.0. The number of hydrogen-bond donors (Lipinski definition) is 0. The monoisotopic (exact) mass is 636 g/mol. The second-order valence-electron chi connectivity index (χ2n) is 13.1. The van der Waals surface area contributed by atoms with Crippen molar-refractivity contribution >= 4 is 35.8 Å². The first-order valence-corrected chi connectivity index (χ1v) is 15.8. The van der Waals surface area contributed by atoms with Crippen LogP contribution in [0.1, 0.15) is 82.9 Å². The number of carbonyl (C=O) groups excluding carboxylic acids is 5. The summed E-state index contributed by atoms with van der Waals surface area (Å²) >= 11 is 0. The van der Waals surface area contributed by atoms with Crippen molar-refractivity contribution in [3.63, 3.8) is 0 Å². The number of allylic oxidation sites excluding steroid dienone is 3. The highest BCUT2D eigenvalue weighted by Crippen LogP contribution is 2.31. The highest BCUT2D eigenvalue weighted by Gasteiger charge is 2.45. The fraction of sp³-hybridized carbons (Fsp3) is 0.528. The third kappa shape index (κ3) is 9.89. The van der Waals surface area contributed by atoms with Crippen molar-refractivity contribution in [3.8, 4) is 0 Å². The first kappa shape index (κ1) is 36.3. The Labute approximate surface area is 272 Å². The minimum absolute atomic E-state index is 0.0387. The van der Waals surface area contributed by atoms with Gasteiger partial charge in [0.25, 0.3) is 0 Å². The minimum Gasteiger partial charge on any atom is -0.467 e. The lowest BCUT2D eigenvalue weighted by atomic mass is 9.89. The maximum Gasteiger partial charge on any atom is 0.410 e. The van der Waals surface area contributed by atoms with E-state index in [1.54, 1.807) is 24.8 Å². The molecule has 0 aliphatic carbocycles. The Morgan fingerprint density at radius 1 is 1.11 bits per heavy atom. The average Bonchev–Trinajstić information content (AvgIpc) is 3.65. The summed E-state index contributed by atoms with van der Waals surface area (Å²) in [6, 6.07) is 4.79. The molecule has 0 radical (unpaired) electrons. The van der Waals surface area contributed by atoms with Gasteiger partial charge in [0.15, 0.2) is 5.78 Å². The van der Waals surface area contributed by atoms with E-state index in [1.165, 1.54) is 18.1 Å². The molecule has 1 aromatic rings. The van der Waals surface area contributed by atoms with E-state index >= 15 is 0 Å². The lowest BCUT2D eigenvalue weighted by Crippen LogP contribution is -2.45. The summed E-state index contributed by atoms with van der Waals surface area (Å²) in [7, 11) is 1.23. The van der Waals surface area contributed by atoms with Gasteiger partial charge in [-0.15, -0.1) is 6.58 Å². The third-order valence-electron chi connectivity index (χ3n) is 8.38. The molecule has 0 saturated carbocycles. The van der Waals surface area contributed by atoms with Gasteiger partial charge >= 0.3 is 18.0 Å². The number of ether oxygens (including phenoxy) is 3. The normalized spacial score (nSPS) is 17.8. The zero-order valence-corrected chi connectivity index (χ0v) is 27.8. The average molecular weight is 637 g/mol. The predicted octanol–water partition coefficient (Wildman–Crippen LogP) is 5.78. The number of rotatable bonds is 15. The lowest BCUT2D eigenvalue weighted by molar-refractivity contribution is -0.155. The highest BCUT2D eigenvalue weighted by molar-refractivity contribution is 5.92. The van der Waals surface area contributed by atoms with Gasteiger partial charge in [0.2, 0.25) is 5.91 Å². The maximum absolute atomic E-state index is 14.0. The molecule has 0 bridgehead atoms. The van der Waals surface area contributed by atoms with Gasteiger partial charge in [-0.05, 0) is 61.3 Å². The van der Waals surface area contributed by atoms with Crippen molar-refractivity contribution in [2.75, 3.05) is 20.3 Å². The highest BCUT2D eigenvalue weighted by atomic mass is 16.6. The van der Waals surface area contributed by atoms with E-state index in [0.29, 0.717) is 13.1 Å². The van der Waals surface area contributed by atoms with Crippen LogP contribution >= 0.6 is 0 Å². The SMILES string of the molecule is C=CCCC(C)(C)COC(=O)C[C@@H](CCC(=O)C=C(C)C)C(=O)N1C[C@H](OC(=O)N2Cc3cccc(C=C)c3C2)C[C@H]1C(=O)OC. The molecule has 0 aromatic heterocycles. The molecule has 10 nitrogen and oxygen atoms in total. The van der Waals surface area contributed by atoms with Gasteiger partial charge in [0.05, 0.1) is 33.2 Å². The number of methoxy groups -OCH3 is 1. The Morgan fingerprint density at radius 2 is 1.85 bits per heavy atom. The van der Waals surface area contributed by atoms with Crippen LogP contribution in [0.25, 0.3) is 6.08 Å². The van der Waals surface area contributed by atoms with Crippen LogP contribution in [0.5, 0.6) is 0 Å². The fourth-order valence-corrected chi connectivity index (χ4v) is 5.83. The standard InChI is InChI=1S/C36H48N2O8/c1-8-10-16-36(5,6)23-45-32(40)18-26(14-15-28(39)17-24(3)4)33(41)38-21-29(19-31(38)34(42)44-7)46-35(43)37-20-27-13-11-12-25(9-2)30(27)22-37/h8-9,11-13,17,26,29,31H,1-2,10,14-16,18-23H2,3-7H3/t26-,29-,31+/m1/s1. The van der Waals surface area contributed by atoms with Crippen molar-refractivity contribution < 1.29 is 38.2 Å². The molecule has 2 aliphatic rings. The van der Waals surface area contributed by atoms with Crippen LogP contribution in [0.4, 0.5) is 4.79 Å². The first-order chi connectivity index (χ1) is 21.8. The van der Waals surface area contributed by atoms with E-state index in [1.807, 2.05) is 38.1 Å². The molecule has 0 N–H and O–H groups in total. The molecule has 10 heteroatoms. The van der Waals surface area contributed by atoms with E-state index in [9.17, 15) is 24.0 Å². The molecule has 3 rings (SSSR count). The van der Waals surface area contributed by atoms with Crippen LogP contribution in [-0.4, -0.2) is 71.9 Å². The van der Waals surface area contributed by atoms with Crippen LogP contribution in [-0.2, 0) is 46.5 Å². The van der Waals surface area contributed by atoms with Crippen LogP contribution < -0.4 is 0 Å². The van der Waals surface area contributed by atoms with E-state index < -0.39 is 42.0 Å². The van der Waals surface area contributed by atoms with Crippen LogP contribution in [0, 0.1) is 11.3 Å². The Hall–Kier alpha value is -4.21. The number of fused-ring (bicyclic) bond motifs is 1. The summed E-state index contributed by atoms with van der Waals surface area (Å²) in [5.74, 6) is -2.80. The van der Waals surface area contributed by atoms with Crippen molar-refractivity contribution in [3.05, 3.63) is 65.8 Å². The smallest absolute Gasteiger partial charge is 0.410 e. The van der Waals surface area contributed by atoms with Crippen molar-refractivity contribution in [2.45, 2.75) is 91.5 Å². The number of carbonyl (C=O) groups is 5. The van der Waals surface area contributed by atoms with Gasteiger partial charge in [0.1, 0.15) is 12.1 Å².